The Labute approximate surface area is 118 Å². The molecule has 3 nitrogen and oxygen atoms in total. The summed E-state index contributed by atoms with van der Waals surface area (Å²) in [7, 11) is 1.95. The van der Waals surface area contributed by atoms with Crippen LogP contribution >= 0.6 is 0 Å². The second-order valence-corrected chi connectivity index (χ2v) is 4.56. The monoisotopic (exact) mass is 274 g/mol. The molecule has 0 fully saturated rings. The second-order valence-electron chi connectivity index (χ2n) is 4.56. The molecule has 2 rings (SSSR count). The van der Waals surface area contributed by atoms with Crippen molar-refractivity contribution in [2.45, 2.75) is 6.54 Å². The minimum atomic E-state index is -0.227. The lowest BCUT2D eigenvalue weighted by Crippen LogP contribution is -2.24. The summed E-state index contributed by atoms with van der Waals surface area (Å²) in [5.41, 5.74) is 7.62. The molecular weight excluding hydrogens is 255 g/mol. The number of hydrogen-bond donors (Lipinski definition) is 1. The summed E-state index contributed by atoms with van der Waals surface area (Å²) < 4.78 is 18.6. The van der Waals surface area contributed by atoms with Gasteiger partial charge in [0.25, 0.3) is 0 Å². The van der Waals surface area contributed by atoms with Gasteiger partial charge in [0, 0.05) is 24.8 Å². The minimum Gasteiger partial charge on any atom is -0.491 e. The maximum atomic E-state index is 12.9. The van der Waals surface area contributed by atoms with Gasteiger partial charge in [-0.1, -0.05) is 18.2 Å². The number of halogens is 1. The third kappa shape index (κ3) is 3.71. The van der Waals surface area contributed by atoms with Crippen molar-refractivity contribution in [1.29, 1.82) is 0 Å². The fourth-order valence-electron chi connectivity index (χ4n) is 1.93. The molecule has 0 saturated heterocycles. The van der Waals surface area contributed by atoms with Gasteiger partial charge in [-0.25, -0.2) is 4.39 Å². The van der Waals surface area contributed by atoms with E-state index < -0.39 is 0 Å². The summed E-state index contributed by atoms with van der Waals surface area (Å²) >= 11 is 0. The van der Waals surface area contributed by atoms with Gasteiger partial charge in [-0.05, 0) is 30.3 Å². The molecule has 0 aromatic heterocycles. The van der Waals surface area contributed by atoms with Gasteiger partial charge in [0.05, 0.1) is 6.54 Å². The zero-order chi connectivity index (χ0) is 14.4. The third-order valence-electron chi connectivity index (χ3n) is 3.14. The number of rotatable bonds is 6. The maximum Gasteiger partial charge on any atom is 0.123 e. The van der Waals surface area contributed by atoms with Gasteiger partial charge < -0.3 is 15.4 Å². The van der Waals surface area contributed by atoms with Crippen LogP contribution in [0.1, 0.15) is 5.56 Å². The molecule has 0 aliphatic carbocycles. The van der Waals surface area contributed by atoms with Gasteiger partial charge in [0.2, 0.25) is 0 Å². The van der Waals surface area contributed by atoms with E-state index in [4.69, 9.17) is 10.5 Å². The summed E-state index contributed by atoms with van der Waals surface area (Å²) in [6.07, 6.45) is 0. The Balaban J connectivity index is 1.87. The number of likely N-dealkylation sites (N-methyl/N-ethyl adjacent to an activating group) is 1. The van der Waals surface area contributed by atoms with E-state index in [0.29, 0.717) is 19.7 Å². The van der Waals surface area contributed by atoms with Crippen molar-refractivity contribution in [3.05, 3.63) is 59.9 Å². The minimum absolute atomic E-state index is 0.227. The molecule has 0 radical (unpaired) electrons. The Morgan fingerprint density at radius 3 is 2.50 bits per heavy atom. The number of nitrogens with zero attached hydrogens (tertiary/aromatic N) is 1. The topological polar surface area (TPSA) is 38.5 Å². The van der Waals surface area contributed by atoms with Crippen LogP contribution in [0.3, 0.4) is 0 Å². The molecule has 0 amide bonds. The van der Waals surface area contributed by atoms with Crippen molar-refractivity contribution in [3.8, 4) is 5.75 Å². The second kappa shape index (κ2) is 6.91. The Hall–Kier alpha value is -2.07. The largest absolute Gasteiger partial charge is 0.491 e. The number of para-hydroxylation sites is 1. The molecular formula is C16H19FN2O. The fourth-order valence-corrected chi connectivity index (χ4v) is 1.93. The Morgan fingerprint density at radius 1 is 1.10 bits per heavy atom. The van der Waals surface area contributed by atoms with Crippen LogP contribution in [0.15, 0.2) is 48.5 Å². The molecule has 2 aromatic rings. The molecule has 0 spiro atoms. The number of hydrogen-bond acceptors (Lipinski definition) is 3. The van der Waals surface area contributed by atoms with Crippen molar-refractivity contribution in [3.63, 3.8) is 0 Å². The predicted molar refractivity (Wildman–Crippen MR) is 79.5 cm³/mol. The van der Waals surface area contributed by atoms with E-state index in [-0.39, 0.29) is 5.82 Å². The Kier molecular flexibility index (Phi) is 4.96. The predicted octanol–water partition coefficient (Wildman–Crippen LogP) is 2.80. The van der Waals surface area contributed by atoms with Crippen molar-refractivity contribution in [2.24, 2.45) is 5.73 Å². The van der Waals surface area contributed by atoms with E-state index in [9.17, 15) is 4.39 Å². The number of benzene rings is 2. The first-order chi connectivity index (χ1) is 9.70. The number of ether oxygens (including phenoxy) is 1. The van der Waals surface area contributed by atoms with E-state index in [0.717, 1.165) is 17.0 Å². The van der Waals surface area contributed by atoms with Crippen molar-refractivity contribution < 1.29 is 9.13 Å². The van der Waals surface area contributed by atoms with Crippen LogP contribution in [0, 0.1) is 5.82 Å². The SMILES string of the molecule is CN(CCOc1ccccc1CN)c1ccc(F)cc1. The van der Waals surface area contributed by atoms with Crippen LogP contribution in [0.2, 0.25) is 0 Å². The van der Waals surface area contributed by atoms with Crippen molar-refractivity contribution in [2.75, 3.05) is 25.1 Å². The number of nitrogens with two attached hydrogens (primary N) is 1. The zero-order valence-electron chi connectivity index (χ0n) is 11.6. The zero-order valence-corrected chi connectivity index (χ0v) is 11.6. The molecule has 2 N–H and O–H groups in total. The fraction of sp³-hybridized carbons (Fsp3) is 0.250. The van der Waals surface area contributed by atoms with E-state index in [1.165, 1.54) is 12.1 Å². The number of anilines is 1. The van der Waals surface area contributed by atoms with Gasteiger partial charge in [-0.2, -0.15) is 0 Å². The molecule has 0 heterocycles. The molecule has 20 heavy (non-hydrogen) atoms. The molecule has 0 unspecified atom stereocenters. The average Bonchev–Trinajstić information content (AvgIpc) is 2.48. The first-order valence-electron chi connectivity index (χ1n) is 6.58. The van der Waals surface area contributed by atoms with E-state index >= 15 is 0 Å². The summed E-state index contributed by atoms with van der Waals surface area (Å²) in [6.45, 7) is 1.72. The molecule has 0 aliphatic rings. The van der Waals surface area contributed by atoms with Crippen LogP contribution in [0.4, 0.5) is 10.1 Å². The van der Waals surface area contributed by atoms with Gasteiger partial charge in [-0.3, -0.25) is 0 Å². The van der Waals surface area contributed by atoms with Gasteiger partial charge in [-0.15, -0.1) is 0 Å². The summed E-state index contributed by atoms with van der Waals surface area (Å²) in [5.74, 6) is 0.595. The molecule has 0 atom stereocenters. The van der Waals surface area contributed by atoms with Crippen LogP contribution in [0.5, 0.6) is 5.75 Å². The Morgan fingerprint density at radius 2 is 1.80 bits per heavy atom. The average molecular weight is 274 g/mol. The Bertz CT molecular complexity index is 542. The molecule has 0 bridgehead atoms. The van der Waals surface area contributed by atoms with Crippen molar-refractivity contribution >= 4 is 5.69 Å². The van der Waals surface area contributed by atoms with Crippen molar-refractivity contribution in [1.82, 2.24) is 0 Å². The highest BCUT2D eigenvalue weighted by Crippen LogP contribution is 2.17. The van der Waals surface area contributed by atoms with Crippen LogP contribution in [-0.2, 0) is 6.54 Å². The first kappa shape index (κ1) is 14.3. The highest BCUT2D eigenvalue weighted by atomic mass is 19.1. The summed E-state index contributed by atoms with van der Waals surface area (Å²) in [6, 6.07) is 14.2. The summed E-state index contributed by atoms with van der Waals surface area (Å²) in [5, 5.41) is 0. The third-order valence-corrected chi connectivity index (χ3v) is 3.14. The first-order valence-corrected chi connectivity index (χ1v) is 6.58. The standard InChI is InChI=1S/C16H19FN2O/c1-19(15-8-6-14(17)7-9-15)10-11-20-16-5-3-2-4-13(16)12-18/h2-9H,10-12,18H2,1H3. The summed E-state index contributed by atoms with van der Waals surface area (Å²) in [4.78, 5) is 2.02. The van der Waals surface area contributed by atoms with E-state index in [2.05, 4.69) is 0 Å². The molecule has 4 heteroatoms. The van der Waals surface area contributed by atoms with Gasteiger partial charge >= 0.3 is 0 Å². The highest BCUT2D eigenvalue weighted by molar-refractivity contribution is 5.45. The lowest BCUT2D eigenvalue weighted by atomic mass is 10.2. The smallest absolute Gasteiger partial charge is 0.123 e. The van der Waals surface area contributed by atoms with E-state index in [1.807, 2.05) is 36.2 Å². The highest BCUT2D eigenvalue weighted by Gasteiger charge is 2.03. The molecule has 106 valence electrons. The van der Waals surface area contributed by atoms with Crippen LogP contribution in [0.25, 0.3) is 0 Å². The van der Waals surface area contributed by atoms with Crippen LogP contribution < -0.4 is 15.4 Å². The van der Waals surface area contributed by atoms with Gasteiger partial charge in [0.1, 0.15) is 18.2 Å². The van der Waals surface area contributed by atoms with E-state index in [1.54, 1.807) is 12.1 Å². The quantitative estimate of drug-likeness (QED) is 0.880. The molecule has 0 saturated carbocycles. The maximum absolute atomic E-state index is 12.9. The van der Waals surface area contributed by atoms with Crippen LogP contribution in [-0.4, -0.2) is 20.2 Å². The molecule has 0 aliphatic heterocycles. The molecule has 2 aromatic carbocycles. The van der Waals surface area contributed by atoms with Gasteiger partial charge in [0.15, 0.2) is 0 Å². The normalized spacial score (nSPS) is 10.3. The lowest BCUT2D eigenvalue weighted by Gasteiger charge is -2.20. The lowest BCUT2D eigenvalue weighted by molar-refractivity contribution is 0.322.